The van der Waals surface area contributed by atoms with Crippen molar-refractivity contribution >= 4 is 57.1 Å². The molecule has 3 aromatic rings. The van der Waals surface area contributed by atoms with E-state index in [-0.39, 0.29) is 20.8 Å². The second-order valence-electron chi connectivity index (χ2n) is 9.78. The van der Waals surface area contributed by atoms with Crippen LogP contribution in [0.25, 0.3) is 11.0 Å². The molecule has 1 fully saturated rings. The minimum absolute atomic E-state index is 0.172. The number of amides is 1. The highest BCUT2D eigenvalue weighted by atomic mass is 127. The number of alkyl halides is 1. The number of aliphatic hydroxyl groups is 1. The number of aliphatic hydroxyl groups excluding tert-OH is 1. The van der Waals surface area contributed by atoms with Crippen molar-refractivity contribution in [2.24, 2.45) is 0 Å². The van der Waals surface area contributed by atoms with E-state index in [1.165, 1.54) is 18.5 Å². The number of fused-ring (bicyclic) bond motifs is 1. The molecule has 206 valence electrons. The van der Waals surface area contributed by atoms with Gasteiger partial charge in [0.05, 0.1) is 15.3 Å². The molecule has 0 unspecified atom stereocenters. The van der Waals surface area contributed by atoms with Crippen LogP contribution < -0.4 is 15.5 Å². The normalized spacial score (nSPS) is 15.8. The maximum atomic E-state index is 12.5. The van der Waals surface area contributed by atoms with E-state index in [0.29, 0.717) is 40.0 Å². The molecule has 0 aliphatic carbocycles. The maximum absolute atomic E-state index is 12.5. The minimum Gasteiger partial charge on any atom is -0.506 e. The summed E-state index contributed by atoms with van der Waals surface area (Å²) in [5.74, 6) is 1.40. The third-order valence-electron chi connectivity index (χ3n) is 6.13. The Labute approximate surface area is 240 Å². The third kappa shape index (κ3) is 7.29. The van der Waals surface area contributed by atoms with Crippen LogP contribution in [0.3, 0.4) is 0 Å². The molecule has 1 saturated heterocycles. The number of hydrogen-bond donors (Lipinski definition) is 3. The van der Waals surface area contributed by atoms with Crippen LogP contribution in [0.2, 0.25) is 0 Å². The van der Waals surface area contributed by atoms with Gasteiger partial charge in [-0.15, -0.1) is 0 Å². The molecule has 0 bridgehead atoms. The van der Waals surface area contributed by atoms with Gasteiger partial charge in [-0.2, -0.15) is 0 Å². The Bertz CT molecular complexity index is 1430. The summed E-state index contributed by atoms with van der Waals surface area (Å²) in [6.45, 7) is 13.1. The van der Waals surface area contributed by atoms with E-state index in [1.807, 2.05) is 13.8 Å². The Hall–Kier alpha value is -3.59. The number of nitrogens with one attached hydrogen (secondary N) is 2. The van der Waals surface area contributed by atoms with Gasteiger partial charge in [0.1, 0.15) is 23.1 Å². The summed E-state index contributed by atoms with van der Waals surface area (Å²) in [7, 11) is 2.11. The molecule has 0 aromatic carbocycles. The Morgan fingerprint density at radius 1 is 1.18 bits per heavy atom. The zero-order valence-electron chi connectivity index (χ0n) is 22.4. The average molecular weight is 646 g/mol. The predicted molar refractivity (Wildman–Crippen MR) is 159 cm³/mol. The first-order chi connectivity index (χ1) is 18.5. The molecule has 13 heteroatoms. The topological polar surface area (TPSA) is 145 Å². The molecule has 0 atom stereocenters. The van der Waals surface area contributed by atoms with Crippen molar-refractivity contribution < 1.29 is 14.4 Å². The van der Waals surface area contributed by atoms with Gasteiger partial charge in [0.25, 0.3) is 5.91 Å². The van der Waals surface area contributed by atoms with Crippen molar-refractivity contribution in [1.29, 1.82) is 0 Å². The first kappa shape index (κ1) is 28.4. The van der Waals surface area contributed by atoms with Crippen LogP contribution in [-0.2, 0) is 8.22 Å². The van der Waals surface area contributed by atoms with Gasteiger partial charge in [-0.3, -0.25) is 4.79 Å². The van der Waals surface area contributed by atoms with Gasteiger partial charge in [0.15, 0.2) is 17.4 Å². The lowest BCUT2D eigenvalue weighted by Gasteiger charge is -2.20. The first-order valence-corrected chi connectivity index (χ1v) is 13.5. The molecule has 0 spiro atoms. The number of hydrogen-bond acceptors (Lipinski definition) is 11. The highest BCUT2D eigenvalue weighted by Crippen LogP contribution is 2.32. The maximum Gasteiger partial charge on any atom is 0.252 e. The monoisotopic (exact) mass is 645 g/mol. The number of carbonyl (C=O) groups is 1. The smallest absolute Gasteiger partial charge is 0.252 e. The predicted octanol–water partition coefficient (Wildman–Crippen LogP) is 4.17. The van der Waals surface area contributed by atoms with Crippen molar-refractivity contribution in [2.75, 3.05) is 48.8 Å². The fraction of sp³-hybridized carbons (Fsp3) is 0.385. The van der Waals surface area contributed by atoms with Gasteiger partial charge in [-0.25, -0.2) is 19.9 Å². The molecule has 39 heavy (non-hydrogen) atoms. The second-order valence-corrected chi connectivity index (χ2v) is 12.5. The summed E-state index contributed by atoms with van der Waals surface area (Å²) in [6.07, 6.45) is 6.94. The zero-order valence-corrected chi connectivity index (χ0v) is 24.6. The fourth-order valence-electron chi connectivity index (χ4n) is 3.75. The Morgan fingerprint density at radius 2 is 1.97 bits per heavy atom. The van der Waals surface area contributed by atoms with Crippen LogP contribution in [0.15, 0.2) is 58.9 Å². The van der Waals surface area contributed by atoms with Gasteiger partial charge < -0.3 is 30.1 Å². The van der Waals surface area contributed by atoms with Crippen molar-refractivity contribution in [2.45, 2.75) is 30.6 Å². The Balaban J connectivity index is 1.45. The number of carbonyl (C=O) groups excluding carboxylic acids is 1. The highest BCUT2D eigenvalue weighted by molar-refractivity contribution is 14.1. The quantitative estimate of drug-likeness (QED) is 0.107. The zero-order chi connectivity index (χ0) is 28.2. The molecular formula is C26H32IN9O3. The molecular weight excluding hydrogens is 613 g/mol. The largest absolute Gasteiger partial charge is 0.506 e. The summed E-state index contributed by atoms with van der Waals surface area (Å²) < 4.78 is 5.03. The molecule has 0 radical (unpaired) electrons. The van der Waals surface area contributed by atoms with Gasteiger partial charge >= 0.3 is 0 Å². The van der Waals surface area contributed by atoms with E-state index in [2.05, 4.69) is 76.8 Å². The molecule has 4 heterocycles. The molecule has 1 aliphatic heterocycles. The molecule has 1 amide bonds. The lowest BCUT2D eigenvalue weighted by molar-refractivity contribution is -0.112. The fourth-order valence-corrected chi connectivity index (χ4v) is 4.01. The van der Waals surface area contributed by atoms with Crippen LogP contribution >= 0.6 is 22.6 Å². The second kappa shape index (κ2) is 12.1. The van der Waals surface area contributed by atoms with Gasteiger partial charge in [0.2, 0.25) is 5.95 Å². The molecule has 1 aliphatic rings. The minimum atomic E-state index is -0.380. The summed E-state index contributed by atoms with van der Waals surface area (Å²) in [5, 5.41) is 20.2. The van der Waals surface area contributed by atoms with Crippen LogP contribution in [0.5, 0.6) is 0 Å². The van der Waals surface area contributed by atoms with E-state index in [9.17, 15) is 9.90 Å². The number of aromatic nitrogens is 5. The number of nitrogens with zero attached hydrogens (tertiary/aromatic N) is 7. The summed E-state index contributed by atoms with van der Waals surface area (Å²) in [5.41, 5.74) is 1.61. The van der Waals surface area contributed by atoms with Crippen LogP contribution in [0.4, 0.5) is 17.6 Å². The van der Waals surface area contributed by atoms with Crippen molar-refractivity contribution in [3.05, 3.63) is 60.1 Å². The van der Waals surface area contributed by atoms with E-state index < -0.39 is 0 Å². The summed E-state index contributed by atoms with van der Waals surface area (Å²) in [4.78, 5) is 34.8. The molecule has 0 saturated carbocycles. The number of anilines is 3. The molecule has 3 N–H and O–H groups in total. The number of halogens is 1. The Morgan fingerprint density at radius 3 is 2.72 bits per heavy atom. The standard InChI is InChI=1S/C26H32IN9O3/c1-16(24(38)32-21-13-20(39-34-21)26(3,4)27)7-8-19(37)17(2)31-23-22-18(29-15-30-23)14-28-25(33-22)36-10-6-9-35(5)11-12-36/h7-8,13-15,37H,2,6,9-12H2,1,3-5H3,(H,29,30,31)(H,32,34,38)/b16-7+,19-8+. The average Bonchev–Trinajstić information content (AvgIpc) is 3.27. The van der Waals surface area contributed by atoms with E-state index >= 15 is 0 Å². The van der Waals surface area contributed by atoms with Crippen LogP contribution in [0, 0.1) is 0 Å². The third-order valence-corrected chi connectivity index (χ3v) is 6.66. The molecule has 3 aromatic heterocycles. The SMILES string of the molecule is C=C(Nc1ncnc2cnc(N3CCCN(C)CC3)nc12)/C(O)=C\C=C(/C)C(=O)Nc1cc(C(C)(C)I)on1. The van der Waals surface area contributed by atoms with Crippen molar-refractivity contribution in [3.8, 4) is 0 Å². The van der Waals surface area contributed by atoms with Crippen LogP contribution in [-0.4, -0.2) is 74.2 Å². The number of likely N-dealkylation sites (N-methyl/N-ethyl adjacent to an activating group) is 1. The van der Waals surface area contributed by atoms with Gasteiger partial charge in [-0.1, -0.05) is 40.4 Å². The first-order valence-electron chi connectivity index (χ1n) is 12.4. The summed E-state index contributed by atoms with van der Waals surface area (Å²) in [6, 6.07) is 1.68. The number of allylic oxidation sites excluding steroid dienone is 2. The van der Waals surface area contributed by atoms with Gasteiger partial charge in [0, 0.05) is 31.3 Å². The van der Waals surface area contributed by atoms with Crippen molar-refractivity contribution in [1.82, 2.24) is 30.0 Å². The highest BCUT2D eigenvalue weighted by Gasteiger charge is 2.22. The van der Waals surface area contributed by atoms with Crippen molar-refractivity contribution in [3.63, 3.8) is 0 Å². The van der Waals surface area contributed by atoms with E-state index in [4.69, 9.17) is 9.51 Å². The number of rotatable bonds is 8. The summed E-state index contributed by atoms with van der Waals surface area (Å²) >= 11 is 2.23. The van der Waals surface area contributed by atoms with Gasteiger partial charge in [-0.05, 0) is 46.9 Å². The van der Waals surface area contributed by atoms with E-state index in [1.54, 1.807) is 19.2 Å². The van der Waals surface area contributed by atoms with E-state index in [0.717, 1.165) is 32.6 Å². The lowest BCUT2D eigenvalue weighted by Crippen LogP contribution is -2.30. The molecule has 12 nitrogen and oxygen atoms in total. The molecule has 4 rings (SSSR count). The van der Waals surface area contributed by atoms with Crippen LogP contribution in [0.1, 0.15) is 33.0 Å². The lowest BCUT2D eigenvalue weighted by atomic mass is 10.1. The Kier molecular flexibility index (Phi) is 8.80.